The summed E-state index contributed by atoms with van der Waals surface area (Å²) in [5, 5.41) is 2.70. The molecule has 2 aliphatic heterocycles. The van der Waals surface area contributed by atoms with Gasteiger partial charge in [0.1, 0.15) is 0 Å². The highest BCUT2D eigenvalue weighted by molar-refractivity contribution is 7.89. The van der Waals surface area contributed by atoms with E-state index in [1.165, 1.54) is 4.31 Å². The summed E-state index contributed by atoms with van der Waals surface area (Å²) < 4.78 is 25.7. The summed E-state index contributed by atoms with van der Waals surface area (Å²) in [6.45, 7) is 1.94. The summed E-state index contributed by atoms with van der Waals surface area (Å²) in [5.41, 5.74) is 5.18. The molecule has 0 radical (unpaired) electrons. The topological polar surface area (TPSA) is 92.5 Å². The maximum atomic E-state index is 12.1. The summed E-state index contributed by atoms with van der Waals surface area (Å²) in [6, 6.07) is 0. The molecule has 2 heterocycles. The van der Waals surface area contributed by atoms with Gasteiger partial charge in [-0.15, -0.1) is 0 Å². The molecule has 0 aromatic heterocycles. The maximum absolute atomic E-state index is 12.1. The van der Waals surface area contributed by atoms with Crippen LogP contribution in [0.1, 0.15) is 12.8 Å². The van der Waals surface area contributed by atoms with Crippen molar-refractivity contribution >= 4 is 15.9 Å². The van der Waals surface area contributed by atoms with Crippen LogP contribution in [0.4, 0.5) is 0 Å². The van der Waals surface area contributed by atoms with Crippen molar-refractivity contribution in [1.82, 2.24) is 9.62 Å². The summed E-state index contributed by atoms with van der Waals surface area (Å²) in [6.07, 6.45) is 1.20. The monoisotopic (exact) mass is 247 g/mol. The maximum Gasteiger partial charge on any atom is 0.221 e. The van der Waals surface area contributed by atoms with Gasteiger partial charge in [-0.3, -0.25) is 4.79 Å². The summed E-state index contributed by atoms with van der Waals surface area (Å²) >= 11 is 0. The third-order valence-corrected chi connectivity index (χ3v) is 5.65. The van der Waals surface area contributed by atoms with Gasteiger partial charge >= 0.3 is 0 Å². The molecule has 1 amide bonds. The van der Waals surface area contributed by atoms with Gasteiger partial charge in [-0.1, -0.05) is 0 Å². The third kappa shape index (κ3) is 2.07. The first-order chi connectivity index (χ1) is 7.51. The Labute approximate surface area is 95.2 Å². The van der Waals surface area contributed by atoms with E-state index in [-0.39, 0.29) is 17.7 Å². The largest absolute Gasteiger partial charge is 0.369 e. The third-order valence-electron chi connectivity index (χ3n) is 3.35. The SMILES string of the molecule is NC(=O)C1CCN(S(=O)(=O)C2CCNC2)C1. The molecule has 16 heavy (non-hydrogen) atoms. The van der Waals surface area contributed by atoms with Gasteiger partial charge in [0.25, 0.3) is 0 Å². The van der Waals surface area contributed by atoms with E-state index in [0.717, 1.165) is 6.54 Å². The van der Waals surface area contributed by atoms with Gasteiger partial charge in [-0.2, -0.15) is 0 Å². The predicted molar refractivity (Wildman–Crippen MR) is 59.1 cm³/mol. The Balaban J connectivity index is 2.05. The number of primary amides is 1. The number of nitrogens with two attached hydrogens (primary N) is 1. The molecule has 7 heteroatoms. The molecule has 2 saturated heterocycles. The van der Waals surface area contributed by atoms with Crippen LogP contribution in [0.25, 0.3) is 0 Å². The highest BCUT2D eigenvalue weighted by atomic mass is 32.2. The second-order valence-electron chi connectivity index (χ2n) is 4.41. The van der Waals surface area contributed by atoms with Gasteiger partial charge in [0.2, 0.25) is 15.9 Å². The Hall–Kier alpha value is -0.660. The van der Waals surface area contributed by atoms with Crippen LogP contribution in [0.2, 0.25) is 0 Å². The molecule has 0 spiro atoms. The van der Waals surface area contributed by atoms with E-state index in [1.807, 2.05) is 0 Å². The Kier molecular flexibility index (Phi) is 3.18. The van der Waals surface area contributed by atoms with Crippen LogP contribution in [0.5, 0.6) is 0 Å². The zero-order valence-electron chi connectivity index (χ0n) is 9.05. The van der Waals surface area contributed by atoms with Gasteiger partial charge in [0, 0.05) is 19.6 Å². The van der Waals surface area contributed by atoms with Crippen LogP contribution in [0.15, 0.2) is 0 Å². The summed E-state index contributed by atoms with van der Waals surface area (Å²) in [4.78, 5) is 11.0. The summed E-state index contributed by atoms with van der Waals surface area (Å²) in [7, 11) is -3.24. The number of sulfonamides is 1. The van der Waals surface area contributed by atoms with Crippen molar-refractivity contribution < 1.29 is 13.2 Å². The molecule has 2 aliphatic rings. The molecule has 0 aromatic carbocycles. The fourth-order valence-electron chi connectivity index (χ4n) is 2.28. The molecular weight excluding hydrogens is 230 g/mol. The number of hydrogen-bond donors (Lipinski definition) is 2. The van der Waals surface area contributed by atoms with E-state index in [2.05, 4.69) is 5.32 Å². The Morgan fingerprint density at radius 3 is 2.62 bits per heavy atom. The predicted octanol–water partition coefficient (Wildman–Crippen LogP) is -1.51. The number of rotatable bonds is 3. The standard InChI is InChI=1S/C9H17N3O3S/c10-9(13)7-2-4-12(6-7)16(14,15)8-1-3-11-5-8/h7-8,11H,1-6H2,(H2,10,13). The fraction of sp³-hybridized carbons (Fsp3) is 0.889. The lowest BCUT2D eigenvalue weighted by Crippen LogP contribution is -2.39. The number of carbonyl (C=O) groups is 1. The van der Waals surface area contributed by atoms with Crippen LogP contribution >= 0.6 is 0 Å². The molecule has 6 nitrogen and oxygen atoms in total. The van der Waals surface area contributed by atoms with Crippen LogP contribution in [-0.2, 0) is 14.8 Å². The van der Waals surface area contributed by atoms with Crippen molar-refractivity contribution in [3.8, 4) is 0 Å². The van der Waals surface area contributed by atoms with Gasteiger partial charge in [0.05, 0.1) is 11.2 Å². The second kappa shape index (κ2) is 4.31. The smallest absolute Gasteiger partial charge is 0.221 e. The average Bonchev–Trinajstić information content (AvgIpc) is 2.90. The van der Waals surface area contributed by atoms with Crippen molar-refractivity contribution in [3.05, 3.63) is 0 Å². The molecule has 92 valence electrons. The molecule has 2 atom stereocenters. The molecule has 0 aromatic rings. The quantitative estimate of drug-likeness (QED) is 0.634. The van der Waals surface area contributed by atoms with Crippen molar-refractivity contribution in [2.45, 2.75) is 18.1 Å². The van der Waals surface area contributed by atoms with Crippen LogP contribution in [0.3, 0.4) is 0 Å². The molecule has 2 unspecified atom stereocenters. The first-order valence-electron chi connectivity index (χ1n) is 5.51. The first-order valence-corrected chi connectivity index (χ1v) is 7.01. The average molecular weight is 247 g/mol. The Bertz CT molecular complexity index is 375. The number of nitrogens with zero attached hydrogens (tertiary/aromatic N) is 1. The molecule has 0 aliphatic carbocycles. The van der Waals surface area contributed by atoms with Gasteiger partial charge in [-0.05, 0) is 19.4 Å². The van der Waals surface area contributed by atoms with Crippen LogP contribution in [0, 0.1) is 5.92 Å². The van der Waals surface area contributed by atoms with Crippen LogP contribution < -0.4 is 11.1 Å². The first kappa shape index (κ1) is 11.8. The molecule has 2 fully saturated rings. The minimum absolute atomic E-state index is 0.258. The van der Waals surface area contributed by atoms with E-state index < -0.39 is 15.9 Å². The zero-order valence-corrected chi connectivity index (χ0v) is 9.87. The van der Waals surface area contributed by atoms with E-state index in [4.69, 9.17) is 5.73 Å². The molecule has 3 N–H and O–H groups in total. The van der Waals surface area contributed by atoms with Crippen molar-refractivity contribution in [2.75, 3.05) is 26.2 Å². The minimum Gasteiger partial charge on any atom is -0.369 e. The number of nitrogens with one attached hydrogen (secondary N) is 1. The second-order valence-corrected chi connectivity index (χ2v) is 6.62. The van der Waals surface area contributed by atoms with Gasteiger partial charge in [-0.25, -0.2) is 12.7 Å². The van der Waals surface area contributed by atoms with Gasteiger partial charge in [0.15, 0.2) is 0 Å². The van der Waals surface area contributed by atoms with Crippen molar-refractivity contribution in [2.24, 2.45) is 11.7 Å². The summed E-state index contributed by atoms with van der Waals surface area (Å²) in [5.74, 6) is -0.716. The Morgan fingerprint density at radius 1 is 1.38 bits per heavy atom. The molecule has 2 rings (SSSR count). The van der Waals surface area contributed by atoms with Crippen molar-refractivity contribution in [1.29, 1.82) is 0 Å². The highest BCUT2D eigenvalue weighted by Crippen LogP contribution is 2.23. The Morgan fingerprint density at radius 2 is 2.12 bits per heavy atom. The number of hydrogen-bond acceptors (Lipinski definition) is 4. The minimum atomic E-state index is -3.24. The van der Waals surface area contributed by atoms with Crippen LogP contribution in [-0.4, -0.2) is 50.1 Å². The molecule has 0 bridgehead atoms. The number of carbonyl (C=O) groups excluding carboxylic acids is 1. The fourth-order valence-corrected chi connectivity index (χ4v) is 4.20. The lowest BCUT2D eigenvalue weighted by atomic mass is 10.1. The van der Waals surface area contributed by atoms with E-state index in [9.17, 15) is 13.2 Å². The lowest BCUT2D eigenvalue weighted by molar-refractivity contribution is -0.121. The van der Waals surface area contributed by atoms with E-state index in [1.54, 1.807) is 0 Å². The molecule has 0 saturated carbocycles. The van der Waals surface area contributed by atoms with E-state index >= 15 is 0 Å². The van der Waals surface area contributed by atoms with E-state index in [0.29, 0.717) is 25.9 Å². The lowest BCUT2D eigenvalue weighted by Gasteiger charge is -2.20. The number of amides is 1. The highest BCUT2D eigenvalue weighted by Gasteiger charge is 2.39. The zero-order chi connectivity index (χ0) is 11.8. The van der Waals surface area contributed by atoms with Crippen molar-refractivity contribution in [3.63, 3.8) is 0 Å². The van der Waals surface area contributed by atoms with Gasteiger partial charge < -0.3 is 11.1 Å². The molecular formula is C9H17N3O3S. The normalized spacial score (nSPS) is 32.0.